The molecule has 2 aromatic carbocycles. The Labute approximate surface area is 295 Å². The number of aromatic nitrogens is 3. The molecule has 0 radical (unpaired) electrons. The van der Waals surface area contributed by atoms with E-state index in [0.717, 1.165) is 49.7 Å². The van der Waals surface area contributed by atoms with Crippen molar-refractivity contribution < 1.29 is 40.0 Å². The van der Waals surface area contributed by atoms with Crippen molar-refractivity contribution in [3.63, 3.8) is 0 Å². The lowest BCUT2D eigenvalue weighted by Gasteiger charge is -2.33. The van der Waals surface area contributed by atoms with Crippen LogP contribution in [0.4, 0.5) is 38.1 Å². The molecule has 2 heterocycles. The van der Waals surface area contributed by atoms with Crippen LogP contribution in [-0.4, -0.2) is 58.0 Å². The molecule has 276 valence electrons. The van der Waals surface area contributed by atoms with Crippen LogP contribution in [0.15, 0.2) is 54.9 Å². The fourth-order valence-corrected chi connectivity index (χ4v) is 6.67. The Balaban J connectivity index is 1.64. The molecule has 51 heavy (non-hydrogen) atoms. The zero-order valence-corrected chi connectivity index (χ0v) is 29.7. The number of benzene rings is 2. The van der Waals surface area contributed by atoms with Crippen LogP contribution in [0.25, 0.3) is 10.9 Å². The highest BCUT2D eigenvalue weighted by Gasteiger charge is 2.38. The average Bonchev–Trinajstić information content (AvgIpc) is 3.61. The van der Waals surface area contributed by atoms with Gasteiger partial charge in [-0.1, -0.05) is 12.8 Å². The second-order valence-electron chi connectivity index (χ2n) is 12.7. The molecule has 0 N–H and O–H groups in total. The van der Waals surface area contributed by atoms with Crippen molar-refractivity contribution in [2.75, 3.05) is 48.6 Å². The topological polar surface area (TPSA) is 80.7 Å². The van der Waals surface area contributed by atoms with Gasteiger partial charge in [-0.15, -0.1) is 0 Å². The maximum Gasteiger partial charge on any atom is 0.416 e. The molecule has 2 atom stereocenters. The summed E-state index contributed by atoms with van der Waals surface area (Å²) in [4.78, 5) is 17.7. The minimum Gasteiger partial charge on any atom is -0.497 e. The third-order valence-electron chi connectivity index (χ3n) is 9.12. The van der Waals surface area contributed by atoms with Gasteiger partial charge in [0.1, 0.15) is 11.6 Å². The third-order valence-corrected chi connectivity index (χ3v) is 9.87. The molecule has 0 spiro atoms. The molecule has 1 fully saturated rings. The summed E-state index contributed by atoms with van der Waals surface area (Å²) in [5.41, 5.74) is -1.66. The number of pyridine rings is 1. The summed E-state index contributed by atoms with van der Waals surface area (Å²) in [7, 11) is 0.454. The summed E-state index contributed by atoms with van der Waals surface area (Å²) in [6.45, 7) is 5.05. The molecular formula is C36H41F6N5O3S. The smallest absolute Gasteiger partial charge is 0.416 e. The molecule has 5 rings (SSSR count). The maximum absolute atomic E-state index is 14.0. The van der Waals surface area contributed by atoms with E-state index in [2.05, 4.69) is 14.9 Å². The first-order chi connectivity index (χ1) is 24.2. The minimum absolute atomic E-state index is 0.00949. The molecule has 0 bridgehead atoms. The fraction of sp³-hybridized carbons (Fsp3) is 0.472. The second kappa shape index (κ2) is 16.0. The summed E-state index contributed by atoms with van der Waals surface area (Å²) >= 11 is 0. The highest BCUT2D eigenvalue weighted by Crippen LogP contribution is 2.40. The number of nitrogens with zero attached hydrogens (tertiary/aromatic N) is 5. The van der Waals surface area contributed by atoms with Crippen LogP contribution in [0.5, 0.6) is 11.5 Å². The van der Waals surface area contributed by atoms with E-state index in [4.69, 9.17) is 14.5 Å². The monoisotopic (exact) mass is 737 g/mol. The number of hydrogen-bond acceptors (Lipinski definition) is 8. The van der Waals surface area contributed by atoms with Gasteiger partial charge in [-0.25, -0.2) is 15.0 Å². The molecule has 1 aliphatic rings. The zero-order chi connectivity index (χ0) is 36.9. The summed E-state index contributed by atoms with van der Waals surface area (Å²) in [5.74, 6) is 2.32. The van der Waals surface area contributed by atoms with Gasteiger partial charge in [0.2, 0.25) is 5.95 Å². The van der Waals surface area contributed by atoms with Crippen LogP contribution >= 0.6 is 0 Å². The number of fused-ring (bicyclic) bond motifs is 1. The van der Waals surface area contributed by atoms with Gasteiger partial charge in [-0.2, -0.15) is 26.3 Å². The molecule has 0 amide bonds. The van der Waals surface area contributed by atoms with Crippen LogP contribution in [0.3, 0.4) is 0 Å². The Kier molecular flexibility index (Phi) is 12.0. The van der Waals surface area contributed by atoms with E-state index in [1.54, 1.807) is 18.3 Å². The Bertz CT molecular complexity index is 1780. The van der Waals surface area contributed by atoms with Crippen molar-refractivity contribution in [2.45, 2.75) is 64.5 Å². The van der Waals surface area contributed by atoms with E-state index >= 15 is 0 Å². The van der Waals surface area contributed by atoms with Crippen molar-refractivity contribution in [3.8, 4) is 11.5 Å². The molecule has 0 saturated heterocycles. The van der Waals surface area contributed by atoms with Crippen molar-refractivity contribution in [2.24, 2.45) is 5.92 Å². The number of alkyl halides is 6. The molecule has 1 saturated carbocycles. The highest BCUT2D eigenvalue weighted by molar-refractivity contribution is 7.84. The van der Waals surface area contributed by atoms with Crippen LogP contribution in [-0.2, 0) is 29.7 Å². The number of methoxy groups -OCH3 is 1. The number of ether oxygens (including phenoxy) is 2. The first kappa shape index (κ1) is 38.1. The van der Waals surface area contributed by atoms with Gasteiger partial charge >= 0.3 is 12.4 Å². The first-order valence-corrected chi connectivity index (χ1v) is 18.4. The summed E-state index contributed by atoms with van der Waals surface area (Å²) in [6.07, 6.45) is -1.28. The van der Waals surface area contributed by atoms with Crippen LogP contribution in [0, 0.1) is 5.92 Å². The largest absolute Gasteiger partial charge is 0.497 e. The fourth-order valence-electron chi connectivity index (χ4n) is 6.35. The Morgan fingerprint density at radius 3 is 2.16 bits per heavy atom. The van der Waals surface area contributed by atoms with Gasteiger partial charge in [-0.05, 0) is 80.6 Å². The molecular weight excluding hydrogens is 696 g/mol. The highest BCUT2D eigenvalue weighted by atomic mass is 32.2. The predicted molar refractivity (Wildman–Crippen MR) is 186 cm³/mol. The normalized spacial score (nSPS) is 15.2. The summed E-state index contributed by atoms with van der Waals surface area (Å²) < 4.78 is 106. The first-order valence-electron chi connectivity index (χ1n) is 16.7. The SMILES string of the molecule is CCN(CC1CCCC1)c1nc2ccc(OC)cc2cc1CN(c1ncc(OCCS(C)=O)cn1)C(C)c1cc(C(F)(F)F)cc(C(F)(F)F)c1. The minimum atomic E-state index is -5.02. The van der Waals surface area contributed by atoms with Crippen LogP contribution in [0.1, 0.15) is 67.8 Å². The lowest BCUT2D eigenvalue weighted by molar-refractivity contribution is -0.143. The van der Waals surface area contributed by atoms with E-state index in [1.165, 1.54) is 19.3 Å². The number of rotatable bonds is 14. The molecule has 15 heteroatoms. The van der Waals surface area contributed by atoms with Crippen LogP contribution < -0.4 is 19.3 Å². The Morgan fingerprint density at radius 1 is 0.941 bits per heavy atom. The standard InChI is InChI=1S/C36H41F6N5O3S/c1-5-46(21-24-8-6-7-9-24)33-27(14-26-17-30(49-3)10-11-32(26)45-33)22-47(34-43-19-31(20-44-34)50-12-13-51(4)48)23(2)25-15-28(35(37,38)39)18-29(16-25)36(40,41)42/h10-11,14-20,23-24H,5-9,12-13,21-22H2,1-4H3. The molecule has 2 aromatic heterocycles. The Hall–Kier alpha value is -4.14. The molecule has 4 aromatic rings. The lowest BCUT2D eigenvalue weighted by Crippen LogP contribution is -2.33. The maximum atomic E-state index is 14.0. The van der Waals surface area contributed by atoms with Crippen molar-refractivity contribution in [1.82, 2.24) is 15.0 Å². The number of anilines is 2. The third kappa shape index (κ3) is 9.60. The zero-order valence-electron chi connectivity index (χ0n) is 28.9. The Morgan fingerprint density at radius 2 is 1.59 bits per heavy atom. The van der Waals surface area contributed by atoms with Crippen molar-refractivity contribution in [3.05, 3.63) is 77.1 Å². The van der Waals surface area contributed by atoms with E-state index in [1.807, 2.05) is 31.2 Å². The predicted octanol–water partition coefficient (Wildman–Crippen LogP) is 8.61. The summed E-state index contributed by atoms with van der Waals surface area (Å²) in [6, 6.07) is 7.92. The average molecular weight is 738 g/mol. The molecule has 8 nitrogen and oxygen atoms in total. The van der Waals surface area contributed by atoms with E-state index in [9.17, 15) is 30.6 Å². The van der Waals surface area contributed by atoms with Gasteiger partial charge < -0.3 is 19.3 Å². The second-order valence-corrected chi connectivity index (χ2v) is 14.3. The van der Waals surface area contributed by atoms with E-state index < -0.39 is 40.3 Å². The molecule has 2 unspecified atom stereocenters. The van der Waals surface area contributed by atoms with Gasteiger partial charge in [0.05, 0.1) is 61.1 Å². The van der Waals surface area contributed by atoms with Gasteiger partial charge in [0.15, 0.2) is 5.75 Å². The lowest BCUT2D eigenvalue weighted by atomic mass is 9.99. The molecule has 0 aliphatic heterocycles. The quantitative estimate of drug-likeness (QED) is 0.119. The molecule has 1 aliphatic carbocycles. The summed E-state index contributed by atoms with van der Waals surface area (Å²) in [5, 5.41) is 0.744. The van der Waals surface area contributed by atoms with Crippen molar-refractivity contribution >= 4 is 33.5 Å². The van der Waals surface area contributed by atoms with E-state index in [0.29, 0.717) is 35.1 Å². The van der Waals surface area contributed by atoms with Gasteiger partial charge in [0.25, 0.3) is 0 Å². The number of hydrogen-bond donors (Lipinski definition) is 0. The van der Waals surface area contributed by atoms with Gasteiger partial charge in [-0.3, -0.25) is 4.21 Å². The van der Waals surface area contributed by atoms with Crippen molar-refractivity contribution in [1.29, 1.82) is 0 Å². The van der Waals surface area contributed by atoms with Crippen LogP contribution in [0.2, 0.25) is 0 Å². The van der Waals surface area contributed by atoms with E-state index in [-0.39, 0.29) is 42.2 Å². The van der Waals surface area contributed by atoms with Gasteiger partial charge in [0, 0.05) is 41.1 Å². The number of halogens is 6.